The van der Waals surface area contributed by atoms with E-state index in [1.165, 1.54) is 0 Å². The van der Waals surface area contributed by atoms with E-state index in [9.17, 15) is 9.46 Å². The van der Waals surface area contributed by atoms with Crippen LogP contribution in [0.25, 0.3) is 0 Å². The van der Waals surface area contributed by atoms with Gasteiger partial charge in [-0.25, -0.2) is 0 Å². The lowest BCUT2D eigenvalue weighted by atomic mass is 9.92. The van der Waals surface area contributed by atoms with Crippen LogP contribution in [0, 0.1) is 0 Å². The number of alkyl halides is 1. The average molecular weight is 289 g/mol. The second-order valence-electron chi connectivity index (χ2n) is 3.65. The van der Waals surface area contributed by atoms with E-state index in [2.05, 4.69) is 15.9 Å². The zero-order chi connectivity index (χ0) is 10.5. The van der Waals surface area contributed by atoms with Crippen LogP contribution in [-0.2, 0) is 9.09 Å². The number of hydrogen-bond donors (Lipinski definition) is 1. The second kappa shape index (κ2) is 3.07. The monoisotopic (exact) mass is 288 g/mol. The Morgan fingerprint density at radius 2 is 2.08 bits per heavy atom. The Morgan fingerprint density at radius 3 is 2.46 bits per heavy atom. The Labute approximate surface area is 90.8 Å². The Balaban J connectivity index is 3.26. The van der Waals surface area contributed by atoms with Gasteiger partial charge in [-0.1, -0.05) is 27.5 Å². The summed E-state index contributed by atoms with van der Waals surface area (Å²) in [6.45, 7) is 5.21. The van der Waals surface area contributed by atoms with Gasteiger partial charge in [0.25, 0.3) is 0 Å². The smallest absolute Gasteiger partial charge is 0.321 e. The number of rotatable bonds is 0. The SMILES string of the molecule is CC1(C)OP(=O)(O)C=C(Cl)C1(C)Br. The van der Waals surface area contributed by atoms with Gasteiger partial charge in [0.15, 0.2) is 0 Å². The summed E-state index contributed by atoms with van der Waals surface area (Å²) in [7, 11) is -3.67. The van der Waals surface area contributed by atoms with Gasteiger partial charge in [0, 0.05) is 10.8 Å². The molecule has 1 aliphatic heterocycles. The first-order chi connectivity index (χ1) is 5.58. The Kier molecular flexibility index (Phi) is 2.78. The van der Waals surface area contributed by atoms with E-state index in [-0.39, 0.29) is 0 Å². The van der Waals surface area contributed by atoms with E-state index in [0.29, 0.717) is 5.03 Å². The molecule has 0 saturated heterocycles. The van der Waals surface area contributed by atoms with Gasteiger partial charge in [-0.05, 0) is 20.8 Å². The molecule has 76 valence electrons. The van der Waals surface area contributed by atoms with Crippen LogP contribution >= 0.6 is 35.1 Å². The van der Waals surface area contributed by atoms with E-state index in [1.807, 2.05) is 0 Å². The molecule has 1 heterocycles. The van der Waals surface area contributed by atoms with Crippen molar-refractivity contribution in [2.24, 2.45) is 0 Å². The van der Waals surface area contributed by atoms with E-state index < -0.39 is 17.5 Å². The molecule has 0 bridgehead atoms. The minimum absolute atomic E-state index is 0.301. The molecule has 2 atom stereocenters. The third kappa shape index (κ3) is 2.02. The van der Waals surface area contributed by atoms with Gasteiger partial charge in [0.2, 0.25) is 0 Å². The highest BCUT2D eigenvalue weighted by Crippen LogP contribution is 2.60. The van der Waals surface area contributed by atoms with Crippen LogP contribution in [0.2, 0.25) is 0 Å². The van der Waals surface area contributed by atoms with Crippen LogP contribution in [0.5, 0.6) is 0 Å². The van der Waals surface area contributed by atoms with E-state index >= 15 is 0 Å². The van der Waals surface area contributed by atoms with Crippen LogP contribution in [0.3, 0.4) is 0 Å². The molecule has 3 nitrogen and oxygen atoms in total. The Bertz CT molecular complexity index is 311. The highest BCUT2D eigenvalue weighted by atomic mass is 79.9. The van der Waals surface area contributed by atoms with Gasteiger partial charge in [-0.2, -0.15) is 0 Å². The molecule has 0 radical (unpaired) electrons. The zero-order valence-electron chi connectivity index (χ0n) is 7.54. The predicted octanol–water partition coefficient (Wildman–Crippen LogP) is 3.21. The lowest BCUT2D eigenvalue weighted by Gasteiger charge is -2.42. The van der Waals surface area contributed by atoms with E-state index in [4.69, 9.17) is 16.1 Å². The van der Waals surface area contributed by atoms with E-state index in [0.717, 1.165) is 5.82 Å². The van der Waals surface area contributed by atoms with Crippen LogP contribution in [0.1, 0.15) is 20.8 Å². The first-order valence-corrected chi connectivity index (χ1v) is 6.51. The van der Waals surface area contributed by atoms with Gasteiger partial charge in [0.1, 0.15) is 0 Å². The van der Waals surface area contributed by atoms with Crippen molar-refractivity contribution >= 4 is 35.1 Å². The van der Waals surface area contributed by atoms with Crippen molar-refractivity contribution in [3.8, 4) is 0 Å². The summed E-state index contributed by atoms with van der Waals surface area (Å²) < 4.78 is 15.7. The Hall–Kier alpha value is 0.660. The molecule has 0 saturated carbocycles. The maximum atomic E-state index is 11.3. The fraction of sp³-hybridized carbons (Fsp3) is 0.714. The molecule has 2 unspecified atom stereocenters. The predicted molar refractivity (Wildman–Crippen MR) is 56.3 cm³/mol. The van der Waals surface area contributed by atoms with Crippen LogP contribution in [0.4, 0.5) is 0 Å². The number of hydrogen-bond acceptors (Lipinski definition) is 2. The summed E-state index contributed by atoms with van der Waals surface area (Å²) in [6.07, 6.45) is 0. The normalized spacial score (nSPS) is 44.3. The van der Waals surface area contributed by atoms with Gasteiger partial charge < -0.3 is 4.89 Å². The third-order valence-corrected chi connectivity index (χ3v) is 5.77. The van der Waals surface area contributed by atoms with Crippen LogP contribution < -0.4 is 0 Å². The third-order valence-electron chi connectivity index (χ3n) is 2.21. The van der Waals surface area contributed by atoms with Crippen LogP contribution in [0.15, 0.2) is 10.8 Å². The largest absolute Gasteiger partial charge is 0.353 e. The van der Waals surface area contributed by atoms with E-state index in [1.54, 1.807) is 20.8 Å². The molecule has 0 aromatic carbocycles. The molecule has 0 amide bonds. The molecule has 0 fully saturated rings. The molecule has 0 aliphatic carbocycles. The fourth-order valence-electron chi connectivity index (χ4n) is 0.991. The molecule has 0 spiro atoms. The molecule has 1 aliphatic rings. The quantitative estimate of drug-likeness (QED) is 0.550. The van der Waals surface area contributed by atoms with Gasteiger partial charge in [-0.3, -0.25) is 9.09 Å². The maximum Gasteiger partial charge on any atom is 0.353 e. The van der Waals surface area contributed by atoms with Crippen molar-refractivity contribution in [1.29, 1.82) is 0 Å². The minimum atomic E-state index is -3.67. The minimum Gasteiger partial charge on any atom is -0.321 e. The molecule has 0 aromatic rings. The summed E-state index contributed by atoms with van der Waals surface area (Å²) in [4.78, 5) is 9.26. The first-order valence-electron chi connectivity index (χ1n) is 3.69. The molecule has 13 heavy (non-hydrogen) atoms. The highest BCUT2D eigenvalue weighted by molar-refractivity contribution is 9.10. The van der Waals surface area contributed by atoms with Crippen molar-refractivity contribution in [3.05, 3.63) is 10.8 Å². The molecule has 1 rings (SSSR count). The van der Waals surface area contributed by atoms with Gasteiger partial charge >= 0.3 is 7.60 Å². The molecule has 0 aromatic heterocycles. The molecular weight excluding hydrogens is 278 g/mol. The summed E-state index contributed by atoms with van der Waals surface area (Å²) in [6, 6.07) is 0. The average Bonchev–Trinajstić information content (AvgIpc) is 1.80. The lowest BCUT2D eigenvalue weighted by molar-refractivity contribution is 0.0713. The van der Waals surface area contributed by atoms with Crippen molar-refractivity contribution < 1.29 is 14.0 Å². The number of halogens is 2. The second-order valence-corrected chi connectivity index (χ2v) is 7.21. The Morgan fingerprint density at radius 1 is 1.62 bits per heavy atom. The van der Waals surface area contributed by atoms with Crippen LogP contribution in [-0.4, -0.2) is 14.8 Å². The van der Waals surface area contributed by atoms with Gasteiger partial charge in [0.05, 0.1) is 9.93 Å². The van der Waals surface area contributed by atoms with Gasteiger partial charge in [-0.15, -0.1) is 0 Å². The standard InChI is InChI=1S/C7H11BrClO3P/c1-6(2)7(3,8)5(9)4-13(10,11)12-6/h4H,1-3H3,(H,10,11). The summed E-state index contributed by atoms with van der Waals surface area (Å²) in [5.74, 6) is 1.06. The topological polar surface area (TPSA) is 46.5 Å². The zero-order valence-corrected chi connectivity index (χ0v) is 10.8. The molecular formula is C7H11BrClO3P. The molecule has 1 N–H and O–H groups in total. The highest BCUT2D eigenvalue weighted by Gasteiger charge is 2.50. The van der Waals surface area contributed by atoms with Crippen molar-refractivity contribution in [1.82, 2.24) is 0 Å². The molecule has 6 heteroatoms. The lowest BCUT2D eigenvalue weighted by Crippen LogP contribution is -2.46. The fourth-order valence-corrected chi connectivity index (χ4v) is 3.52. The van der Waals surface area contributed by atoms with Crippen molar-refractivity contribution in [3.63, 3.8) is 0 Å². The van der Waals surface area contributed by atoms with Crippen molar-refractivity contribution in [2.45, 2.75) is 30.7 Å². The maximum absolute atomic E-state index is 11.3. The van der Waals surface area contributed by atoms with Crippen molar-refractivity contribution in [2.75, 3.05) is 0 Å². The summed E-state index contributed by atoms with van der Waals surface area (Å²) in [5, 5.41) is 0.301. The first kappa shape index (κ1) is 11.7. The summed E-state index contributed by atoms with van der Waals surface area (Å²) in [5.41, 5.74) is -0.816. The summed E-state index contributed by atoms with van der Waals surface area (Å²) >= 11 is 9.25.